The summed E-state index contributed by atoms with van der Waals surface area (Å²) in [6.45, 7) is 4.04. The molecule has 8 nitrogen and oxygen atoms in total. The van der Waals surface area contributed by atoms with Gasteiger partial charge in [0.05, 0.1) is 25.6 Å². The van der Waals surface area contributed by atoms with Crippen molar-refractivity contribution in [1.82, 2.24) is 10.0 Å². The lowest BCUT2D eigenvalue weighted by atomic mass is 9.83. The summed E-state index contributed by atoms with van der Waals surface area (Å²) in [7, 11) is 0. The standard InChI is InChI=1S/C24H24N4O4/c1-3-31-23(29)21-19-17-11-7-5-9-15(17)14-26-28(19)22(24(30)32-4-2)20-18-12-8-6-10-16(18)13-25-27(20)21/h5-14,19-22H,3-4H2,1-2H3/t19-,20-,21+,22+/m1/s1. The van der Waals surface area contributed by atoms with Gasteiger partial charge in [-0.15, -0.1) is 0 Å². The van der Waals surface area contributed by atoms with E-state index in [4.69, 9.17) is 9.47 Å². The number of hydrogen-bond donors (Lipinski definition) is 0. The van der Waals surface area contributed by atoms with Gasteiger partial charge in [0.15, 0.2) is 12.1 Å². The smallest absolute Gasteiger partial charge is 0.333 e. The van der Waals surface area contributed by atoms with Gasteiger partial charge in [-0.1, -0.05) is 48.5 Å². The summed E-state index contributed by atoms with van der Waals surface area (Å²) in [4.78, 5) is 26.6. The van der Waals surface area contributed by atoms with Crippen molar-refractivity contribution in [2.45, 2.75) is 38.0 Å². The van der Waals surface area contributed by atoms with E-state index < -0.39 is 36.1 Å². The molecule has 4 atom stereocenters. The Hall–Kier alpha value is -3.68. The van der Waals surface area contributed by atoms with Crippen molar-refractivity contribution in [3.05, 3.63) is 70.8 Å². The summed E-state index contributed by atoms with van der Waals surface area (Å²) in [6.07, 6.45) is 3.46. The molecule has 32 heavy (non-hydrogen) atoms. The summed E-state index contributed by atoms with van der Waals surface area (Å²) in [5, 5.41) is 12.7. The van der Waals surface area contributed by atoms with Gasteiger partial charge >= 0.3 is 11.9 Å². The van der Waals surface area contributed by atoms with Gasteiger partial charge in [-0.05, 0) is 36.1 Å². The SMILES string of the molecule is CCOC(=O)[C@@H]1[C@H]2c3ccccc3C=NN2[C@H](C(=O)OCC)[C@H]2c3ccccc3C=NN12. The van der Waals surface area contributed by atoms with Crippen LogP contribution in [0.25, 0.3) is 0 Å². The van der Waals surface area contributed by atoms with Crippen LogP contribution in [0.5, 0.6) is 0 Å². The monoisotopic (exact) mass is 432 g/mol. The van der Waals surface area contributed by atoms with Crippen molar-refractivity contribution < 1.29 is 19.1 Å². The molecule has 0 saturated carbocycles. The first-order chi connectivity index (χ1) is 15.7. The molecular weight excluding hydrogens is 408 g/mol. The summed E-state index contributed by atoms with van der Waals surface area (Å²) < 4.78 is 11.0. The Labute approximate surface area is 186 Å². The number of nitrogens with zero attached hydrogens (tertiary/aromatic N) is 4. The lowest BCUT2D eigenvalue weighted by Gasteiger charge is -2.53. The number of ether oxygens (including phenoxy) is 2. The Kier molecular flexibility index (Phi) is 5.13. The normalized spacial score (nSPS) is 24.7. The van der Waals surface area contributed by atoms with Gasteiger partial charge in [0.2, 0.25) is 0 Å². The minimum atomic E-state index is -0.783. The molecule has 0 spiro atoms. The largest absolute Gasteiger partial charge is 0.464 e. The fraction of sp³-hybridized carbons (Fsp3) is 0.333. The van der Waals surface area contributed by atoms with E-state index in [1.807, 2.05) is 48.5 Å². The second-order valence-corrected chi connectivity index (χ2v) is 7.79. The molecule has 2 aromatic rings. The number of carbonyl (C=O) groups excluding carboxylic acids is 2. The molecule has 1 fully saturated rings. The lowest BCUT2D eigenvalue weighted by Crippen LogP contribution is -2.64. The first kappa shape index (κ1) is 20.2. The van der Waals surface area contributed by atoms with Crippen LogP contribution in [0.4, 0.5) is 0 Å². The average molecular weight is 432 g/mol. The minimum absolute atomic E-state index is 0.243. The number of esters is 2. The van der Waals surface area contributed by atoms with Gasteiger partial charge in [0.1, 0.15) is 12.1 Å². The molecule has 0 amide bonds. The van der Waals surface area contributed by atoms with E-state index in [1.165, 1.54) is 0 Å². The Balaban J connectivity index is 1.72. The first-order valence-electron chi connectivity index (χ1n) is 10.8. The van der Waals surface area contributed by atoms with Crippen LogP contribution in [0.2, 0.25) is 0 Å². The topological polar surface area (TPSA) is 83.8 Å². The number of piperazine rings is 1. The van der Waals surface area contributed by atoms with E-state index >= 15 is 0 Å². The molecule has 164 valence electrons. The first-order valence-corrected chi connectivity index (χ1v) is 10.8. The highest BCUT2D eigenvalue weighted by Crippen LogP contribution is 2.48. The molecule has 3 aliphatic heterocycles. The molecule has 8 heteroatoms. The average Bonchev–Trinajstić information content (AvgIpc) is 2.82. The van der Waals surface area contributed by atoms with E-state index in [-0.39, 0.29) is 13.2 Å². The summed E-state index contributed by atoms with van der Waals surface area (Å²) in [5.41, 5.74) is 3.57. The number of benzene rings is 2. The van der Waals surface area contributed by atoms with Gasteiger partial charge in [-0.25, -0.2) is 9.59 Å². The Morgan fingerprint density at radius 3 is 1.56 bits per heavy atom. The lowest BCUT2D eigenvalue weighted by molar-refractivity contribution is -0.175. The molecule has 3 aliphatic rings. The van der Waals surface area contributed by atoms with Crippen molar-refractivity contribution in [2.24, 2.45) is 10.2 Å². The maximum Gasteiger partial charge on any atom is 0.333 e. The Morgan fingerprint density at radius 2 is 1.16 bits per heavy atom. The summed E-state index contributed by atoms with van der Waals surface area (Å²) in [5.74, 6) is -0.809. The van der Waals surface area contributed by atoms with E-state index in [1.54, 1.807) is 36.3 Å². The molecule has 0 aromatic heterocycles. The highest BCUT2D eigenvalue weighted by atomic mass is 16.5. The van der Waals surface area contributed by atoms with Crippen LogP contribution in [0.1, 0.15) is 48.2 Å². The van der Waals surface area contributed by atoms with E-state index in [9.17, 15) is 9.59 Å². The van der Waals surface area contributed by atoms with Crippen LogP contribution in [-0.4, -0.2) is 59.7 Å². The van der Waals surface area contributed by atoms with E-state index in [0.29, 0.717) is 0 Å². The van der Waals surface area contributed by atoms with Crippen molar-refractivity contribution >= 4 is 24.4 Å². The molecule has 3 heterocycles. The van der Waals surface area contributed by atoms with E-state index in [2.05, 4.69) is 10.2 Å². The predicted octanol–water partition coefficient (Wildman–Crippen LogP) is 2.65. The van der Waals surface area contributed by atoms with Crippen LogP contribution in [0, 0.1) is 0 Å². The second kappa shape index (κ2) is 8.11. The maximum atomic E-state index is 13.3. The predicted molar refractivity (Wildman–Crippen MR) is 118 cm³/mol. The van der Waals surface area contributed by atoms with Crippen molar-refractivity contribution in [1.29, 1.82) is 0 Å². The Bertz CT molecular complexity index is 1030. The van der Waals surface area contributed by atoms with Gasteiger partial charge in [0.25, 0.3) is 0 Å². The van der Waals surface area contributed by atoms with Crippen LogP contribution in [0.15, 0.2) is 58.7 Å². The summed E-state index contributed by atoms with van der Waals surface area (Å²) in [6, 6.07) is 12.8. The van der Waals surface area contributed by atoms with Crippen molar-refractivity contribution in [2.75, 3.05) is 13.2 Å². The van der Waals surface area contributed by atoms with Crippen molar-refractivity contribution in [3.63, 3.8) is 0 Å². The third-order valence-corrected chi connectivity index (χ3v) is 6.08. The maximum absolute atomic E-state index is 13.3. The third-order valence-electron chi connectivity index (χ3n) is 6.08. The molecular formula is C24H24N4O4. The van der Waals surface area contributed by atoms with Crippen molar-refractivity contribution in [3.8, 4) is 0 Å². The molecule has 0 bridgehead atoms. The number of fused-ring (bicyclic) bond motifs is 6. The Morgan fingerprint density at radius 1 is 0.750 bits per heavy atom. The zero-order valence-electron chi connectivity index (χ0n) is 17.9. The van der Waals surface area contributed by atoms with Gasteiger partial charge in [0, 0.05) is 0 Å². The molecule has 0 unspecified atom stereocenters. The van der Waals surface area contributed by atoms with Gasteiger partial charge < -0.3 is 9.47 Å². The molecule has 0 aliphatic carbocycles. The van der Waals surface area contributed by atoms with Crippen LogP contribution < -0.4 is 0 Å². The molecule has 1 saturated heterocycles. The minimum Gasteiger partial charge on any atom is -0.464 e. The summed E-state index contributed by atoms with van der Waals surface area (Å²) >= 11 is 0. The van der Waals surface area contributed by atoms with Crippen LogP contribution in [0.3, 0.4) is 0 Å². The number of rotatable bonds is 4. The number of hydrazone groups is 2. The fourth-order valence-electron chi connectivity index (χ4n) is 4.82. The molecule has 5 rings (SSSR count). The number of hydrogen-bond acceptors (Lipinski definition) is 8. The van der Waals surface area contributed by atoms with Gasteiger partial charge in [-0.2, -0.15) is 10.2 Å². The third kappa shape index (κ3) is 3.05. The highest BCUT2D eigenvalue weighted by Gasteiger charge is 2.57. The fourth-order valence-corrected chi connectivity index (χ4v) is 4.82. The quantitative estimate of drug-likeness (QED) is 0.691. The van der Waals surface area contributed by atoms with Crippen LogP contribution >= 0.6 is 0 Å². The van der Waals surface area contributed by atoms with Crippen LogP contribution in [-0.2, 0) is 19.1 Å². The highest BCUT2D eigenvalue weighted by molar-refractivity contribution is 5.89. The zero-order valence-corrected chi connectivity index (χ0v) is 17.9. The number of carbonyl (C=O) groups is 2. The second-order valence-electron chi connectivity index (χ2n) is 7.79. The molecule has 0 N–H and O–H groups in total. The zero-order chi connectivity index (χ0) is 22.2. The molecule has 2 aromatic carbocycles. The van der Waals surface area contributed by atoms with E-state index in [0.717, 1.165) is 22.3 Å². The molecule has 0 radical (unpaired) electrons. The van der Waals surface area contributed by atoms with Gasteiger partial charge in [-0.3, -0.25) is 10.0 Å².